The number of carbonyl (C=O) groups excluding carboxylic acids is 1. The van der Waals surface area contributed by atoms with Crippen LogP contribution in [0.25, 0.3) is 11.0 Å². The number of hydrogen-bond donors (Lipinski definition) is 1. The third kappa shape index (κ3) is 2.97. The van der Waals surface area contributed by atoms with Gasteiger partial charge in [0.2, 0.25) is 5.91 Å². The first-order chi connectivity index (χ1) is 11.9. The van der Waals surface area contributed by atoms with Gasteiger partial charge in [0.15, 0.2) is 0 Å². The number of nitrogens with zero attached hydrogens (tertiary/aromatic N) is 1. The van der Waals surface area contributed by atoms with Crippen LogP contribution in [0.4, 0.5) is 0 Å². The molecular formula is C19H23NO5. The molecule has 1 aliphatic rings. The smallest absolute Gasteiger partial charge is 0.311 e. The van der Waals surface area contributed by atoms with E-state index in [9.17, 15) is 14.7 Å². The van der Waals surface area contributed by atoms with Crippen LogP contribution < -0.4 is 4.74 Å². The van der Waals surface area contributed by atoms with E-state index in [-0.39, 0.29) is 24.8 Å². The van der Waals surface area contributed by atoms with Gasteiger partial charge in [0.1, 0.15) is 11.3 Å². The molecule has 134 valence electrons. The van der Waals surface area contributed by atoms with Crippen molar-refractivity contribution in [1.82, 2.24) is 4.90 Å². The van der Waals surface area contributed by atoms with Crippen molar-refractivity contribution in [2.24, 2.45) is 11.3 Å². The molecule has 2 aromatic rings. The summed E-state index contributed by atoms with van der Waals surface area (Å²) in [6.45, 7) is 4.55. The zero-order valence-electron chi connectivity index (χ0n) is 14.7. The molecular weight excluding hydrogens is 322 g/mol. The Morgan fingerprint density at radius 2 is 2.16 bits per heavy atom. The molecule has 0 aliphatic carbocycles. The van der Waals surface area contributed by atoms with Crippen LogP contribution in [0.2, 0.25) is 0 Å². The molecule has 0 spiro atoms. The molecule has 1 amide bonds. The molecule has 1 N–H and O–H groups in total. The minimum atomic E-state index is -0.846. The average molecular weight is 345 g/mol. The Kier molecular flexibility index (Phi) is 4.45. The Balaban J connectivity index is 1.76. The van der Waals surface area contributed by atoms with E-state index >= 15 is 0 Å². The lowest BCUT2D eigenvalue weighted by molar-refractivity contribution is -0.151. The molecule has 1 atom stereocenters. The number of carbonyl (C=O) groups is 2. The summed E-state index contributed by atoms with van der Waals surface area (Å²) in [6, 6.07) is 5.49. The molecule has 1 saturated heterocycles. The third-order valence-corrected chi connectivity index (χ3v) is 5.39. The van der Waals surface area contributed by atoms with Crippen molar-refractivity contribution in [1.29, 1.82) is 0 Å². The lowest BCUT2D eigenvalue weighted by Crippen LogP contribution is -2.41. The van der Waals surface area contributed by atoms with Gasteiger partial charge in [-0.25, -0.2) is 0 Å². The van der Waals surface area contributed by atoms with E-state index in [1.807, 2.05) is 26.0 Å². The molecule has 1 unspecified atom stereocenters. The Morgan fingerprint density at radius 1 is 1.40 bits per heavy atom. The molecule has 1 aromatic carbocycles. The number of fused-ring (bicyclic) bond motifs is 1. The van der Waals surface area contributed by atoms with Gasteiger partial charge in [0.05, 0.1) is 25.2 Å². The third-order valence-electron chi connectivity index (χ3n) is 5.39. The maximum Gasteiger partial charge on any atom is 0.311 e. The van der Waals surface area contributed by atoms with E-state index < -0.39 is 11.4 Å². The van der Waals surface area contributed by atoms with E-state index in [0.717, 1.165) is 10.9 Å². The van der Waals surface area contributed by atoms with Crippen LogP contribution >= 0.6 is 0 Å². The van der Waals surface area contributed by atoms with Gasteiger partial charge >= 0.3 is 5.97 Å². The molecule has 2 heterocycles. The molecule has 6 nitrogen and oxygen atoms in total. The number of methoxy groups -OCH3 is 1. The summed E-state index contributed by atoms with van der Waals surface area (Å²) in [5, 5.41) is 10.5. The maximum absolute atomic E-state index is 12.7. The van der Waals surface area contributed by atoms with E-state index in [2.05, 4.69) is 0 Å². The first-order valence-electron chi connectivity index (χ1n) is 8.42. The van der Waals surface area contributed by atoms with Crippen LogP contribution in [0.1, 0.15) is 25.8 Å². The van der Waals surface area contributed by atoms with Crippen molar-refractivity contribution in [3.63, 3.8) is 0 Å². The van der Waals surface area contributed by atoms with Crippen LogP contribution in [0.3, 0.4) is 0 Å². The number of carboxylic acids is 1. The molecule has 3 rings (SSSR count). The molecule has 0 saturated carbocycles. The predicted octanol–water partition coefficient (Wildman–Crippen LogP) is 2.94. The maximum atomic E-state index is 12.7. The van der Waals surface area contributed by atoms with Crippen molar-refractivity contribution in [3.8, 4) is 5.75 Å². The minimum absolute atomic E-state index is 0.0231. The molecule has 1 aliphatic heterocycles. The fourth-order valence-electron chi connectivity index (χ4n) is 3.54. The SMILES string of the molecule is COc1ccc2c(CC(=O)N3CCC(C(=O)O)(C(C)C)C3)coc2c1. The first kappa shape index (κ1) is 17.3. The summed E-state index contributed by atoms with van der Waals surface area (Å²) in [6.07, 6.45) is 2.28. The zero-order chi connectivity index (χ0) is 18.2. The van der Waals surface area contributed by atoms with Gasteiger partial charge in [-0.2, -0.15) is 0 Å². The van der Waals surface area contributed by atoms with Crippen LogP contribution in [0, 0.1) is 11.3 Å². The van der Waals surface area contributed by atoms with Crippen molar-refractivity contribution >= 4 is 22.8 Å². The summed E-state index contributed by atoms with van der Waals surface area (Å²) in [5.74, 6) is -0.214. The van der Waals surface area contributed by atoms with Gasteiger partial charge in [0, 0.05) is 30.1 Å². The number of rotatable bonds is 5. The van der Waals surface area contributed by atoms with Crippen molar-refractivity contribution in [2.45, 2.75) is 26.7 Å². The monoisotopic (exact) mass is 345 g/mol. The van der Waals surface area contributed by atoms with Crippen LogP contribution in [-0.2, 0) is 16.0 Å². The average Bonchev–Trinajstić information content (AvgIpc) is 3.20. The number of aliphatic carboxylic acids is 1. The van der Waals surface area contributed by atoms with Crippen LogP contribution in [0.15, 0.2) is 28.9 Å². The van der Waals surface area contributed by atoms with Crippen molar-refractivity contribution in [2.75, 3.05) is 20.2 Å². The van der Waals surface area contributed by atoms with Crippen LogP contribution in [-0.4, -0.2) is 42.1 Å². The topological polar surface area (TPSA) is 80.0 Å². The number of hydrogen-bond acceptors (Lipinski definition) is 4. The Hall–Kier alpha value is -2.50. The fourth-order valence-corrected chi connectivity index (χ4v) is 3.54. The number of benzene rings is 1. The lowest BCUT2D eigenvalue weighted by Gasteiger charge is -2.28. The number of furan rings is 1. The minimum Gasteiger partial charge on any atom is -0.497 e. The highest BCUT2D eigenvalue weighted by Crippen LogP contribution is 2.38. The van der Waals surface area contributed by atoms with E-state index in [0.29, 0.717) is 24.3 Å². The summed E-state index contributed by atoms with van der Waals surface area (Å²) < 4.78 is 10.7. The standard InChI is InChI=1S/C19H23NO5/c1-12(2)19(18(22)23)6-7-20(11-19)17(21)8-13-10-25-16-9-14(24-3)4-5-15(13)16/h4-5,9-10,12H,6-8,11H2,1-3H3,(H,22,23). The van der Waals surface area contributed by atoms with E-state index in [4.69, 9.17) is 9.15 Å². The Bertz CT molecular complexity index is 809. The predicted molar refractivity (Wildman–Crippen MR) is 92.6 cm³/mol. The molecule has 0 radical (unpaired) electrons. The van der Waals surface area contributed by atoms with Gasteiger partial charge in [-0.15, -0.1) is 0 Å². The number of carboxylic acid groups (broad SMARTS) is 1. The largest absolute Gasteiger partial charge is 0.497 e. The Labute approximate surface area is 146 Å². The molecule has 25 heavy (non-hydrogen) atoms. The molecule has 6 heteroatoms. The van der Waals surface area contributed by atoms with Crippen LogP contribution in [0.5, 0.6) is 5.75 Å². The van der Waals surface area contributed by atoms with Crippen molar-refractivity contribution < 1.29 is 23.8 Å². The van der Waals surface area contributed by atoms with Gasteiger partial charge in [-0.05, 0) is 24.5 Å². The highest BCUT2D eigenvalue weighted by atomic mass is 16.5. The Morgan fingerprint density at radius 3 is 2.76 bits per heavy atom. The normalized spacial score (nSPS) is 20.4. The summed E-state index contributed by atoms with van der Waals surface area (Å²) >= 11 is 0. The highest BCUT2D eigenvalue weighted by molar-refractivity contribution is 5.89. The second-order valence-electron chi connectivity index (χ2n) is 6.98. The van der Waals surface area contributed by atoms with Gasteiger partial charge in [-0.3, -0.25) is 9.59 Å². The molecule has 1 fully saturated rings. The zero-order valence-corrected chi connectivity index (χ0v) is 14.7. The quantitative estimate of drug-likeness (QED) is 0.901. The number of amides is 1. The molecule has 1 aromatic heterocycles. The molecule has 0 bridgehead atoms. The van der Waals surface area contributed by atoms with Gasteiger partial charge in [-0.1, -0.05) is 13.8 Å². The van der Waals surface area contributed by atoms with Gasteiger partial charge < -0.3 is 19.2 Å². The fraction of sp³-hybridized carbons (Fsp3) is 0.474. The van der Waals surface area contributed by atoms with E-state index in [1.165, 1.54) is 0 Å². The highest BCUT2D eigenvalue weighted by Gasteiger charge is 2.48. The van der Waals surface area contributed by atoms with E-state index in [1.54, 1.807) is 24.3 Å². The second kappa shape index (κ2) is 6.43. The first-order valence-corrected chi connectivity index (χ1v) is 8.42. The summed E-state index contributed by atoms with van der Waals surface area (Å²) in [5.41, 5.74) is 0.632. The number of ether oxygens (including phenoxy) is 1. The van der Waals surface area contributed by atoms with Gasteiger partial charge in [0.25, 0.3) is 0 Å². The number of likely N-dealkylation sites (tertiary alicyclic amines) is 1. The summed E-state index contributed by atoms with van der Waals surface area (Å²) in [4.78, 5) is 26.1. The lowest BCUT2D eigenvalue weighted by atomic mass is 9.76. The van der Waals surface area contributed by atoms with Crippen molar-refractivity contribution in [3.05, 3.63) is 30.0 Å². The summed E-state index contributed by atoms with van der Waals surface area (Å²) in [7, 11) is 1.59. The second-order valence-corrected chi connectivity index (χ2v) is 6.98.